The van der Waals surface area contributed by atoms with Crippen LogP contribution in [0.2, 0.25) is 0 Å². The molecule has 0 aliphatic heterocycles. The third-order valence-corrected chi connectivity index (χ3v) is 3.13. The van der Waals surface area contributed by atoms with E-state index in [0.29, 0.717) is 6.04 Å². The molecule has 98 valence electrons. The highest BCUT2D eigenvalue weighted by atomic mass is 16.2. The minimum atomic E-state index is -0.228. The molecular formula is C15H22N2O. The number of aryl methyl sites for hydroxylation is 1. The van der Waals surface area contributed by atoms with Crippen LogP contribution in [0.5, 0.6) is 0 Å². The number of carbonyl (C=O) groups is 1. The maximum Gasteiger partial charge on any atom is 0.315 e. The largest absolute Gasteiger partial charge is 0.335 e. The van der Waals surface area contributed by atoms with Crippen LogP contribution in [-0.2, 0) is 6.42 Å². The van der Waals surface area contributed by atoms with Gasteiger partial charge in [-0.3, -0.25) is 0 Å². The van der Waals surface area contributed by atoms with Gasteiger partial charge in [-0.05, 0) is 45.6 Å². The van der Waals surface area contributed by atoms with Gasteiger partial charge in [-0.25, -0.2) is 4.79 Å². The molecule has 1 saturated carbocycles. The molecule has 0 spiro atoms. The molecule has 1 aromatic carbocycles. The van der Waals surface area contributed by atoms with E-state index in [1.165, 1.54) is 11.1 Å². The molecule has 1 aliphatic carbocycles. The van der Waals surface area contributed by atoms with Gasteiger partial charge in [0, 0.05) is 11.6 Å². The van der Waals surface area contributed by atoms with Crippen molar-refractivity contribution >= 4 is 6.03 Å². The fourth-order valence-electron chi connectivity index (χ4n) is 2.02. The van der Waals surface area contributed by atoms with Crippen molar-refractivity contribution in [2.75, 3.05) is 0 Å². The predicted octanol–water partition coefficient (Wildman–Crippen LogP) is 2.78. The molecule has 0 unspecified atom stereocenters. The lowest BCUT2D eigenvalue weighted by Crippen LogP contribution is -2.50. The highest BCUT2D eigenvalue weighted by Crippen LogP contribution is 2.19. The van der Waals surface area contributed by atoms with Crippen LogP contribution in [0.4, 0.5) is 4.79 Å². The van der Waals surface area contributed by atoms with Crippen molar-refractivity contribution in [3.63, 3.8) is 0 Å². The first-order valence-corrected chi connectivity index (χ1v) is 6.59. The van der Waals surface area contributed by atoms with Crippen LogP contribution >= 0.6 is 0 Å². The van der Waals surface area contributed by atoms with Gasteiger partial charge in [0.25, 0.3) is 0 Å². The molecule has 0 bridgehead atoms. The van der Waals surface area contributed by atoms with Crippen molar-refractivity contribution in [3.05, 3.63) is 35.4 Å². The number of hydrogen-bond donors (Lipinski definition) is 2. The molecule has 0 radical (unpaired) electrons. The number of hydrogen-bond acceptors (Lipinski definition) is 1. The van der Waals surface area contributed by atoms with E-state index in [0.717, 1.165) is 19.3 Å². The Hall–Kier alpha value is -1.51. The molecule has 1 fully saturated rings. The summed E-state index contributed by atoms with van der Waals surface area (Å²) in [7, 11) is 0. The van der Waals surface area contributed by atoms with Gasteiger partial charge in [0.05, 0.1) is 0 Å². The Morgan fingerprint density at radius 2 is 1.89 bits per heavy atom. The normalized spacial score (nSPS) is 15.3. The van der Waals surface area contributed by atoms with E-state index in [1.54, 1.807) is 0 Å². The second-order valence-corrected chi connectivity index (χ2v) is 5.92. The molecule has 0 heterocycles. The lowest BCUT2D eigenvalue weighted by Gasteiger charge is -2.26. The lowest BCUT2D eigenvalue weighted by atomic mass is 9.94. The molecule has 0 aromatic heterocycles. The Kier molecular flexibility index (Phi) is 3.60. The van der Waals surface area contributed by atoms with Crippen LogP contribution in [-0.4, -0.2) is 17.6 Å². The zero-order valence-electron chi connectivity index (χ0n) is 11.4. The summed E-state index contributed by atoms with van der Waals surface area (Å²) in [5, 5.41) is 6.00. The van der Waals surface area contributed by atoms with Crippen molar-refractivity contribution in [3.8, 4) is 0 Å². The quantitative estimate of drug-likeness (QED) is 0.842. The number of rotatable bonds is 4. The van der Waals surface area contributed by atoms with Gasteiger partial charge >= 0.3 is 6.03 Å². The minimum absolute atomic E-state index is 0.0467. The second-order valence-electron chi connectivity index (χ2n) is 5.92. The van der Waals surface area contributed by atoms with E-state index >= 15 is 0 Å². The van der Waals surface area contributed by atoms with Crippen molar-refractivity contribution in [1.29, 1.82) is 0 Å². The highest BCUT2D eigenvalue weighted by Gasteiger charge is 2.26. The number of urea groups is 1. The molecule has 3 heteroatoms. The van der Waals surface area contributed by atoms with E-state index in [2.05, 4.69) is 55.7 Å². The maximum atomic E-state index is 11.7. The van der Waals surface area contributed by atoms with E-state index in [-0.39, 0.29) is 11.6 Å². The molecule has 18 heavy (non-hydrogen) atoms. The molecule has 1 aromatic rings. The fourth-order valence-corrected chi connectivity index (χ4v) is 2.02. The van der Waals surface area contributed by atoms with E-state index in [4.69, 9.17) is 0 Å². The van der Waals surface area contributed by atoms with Crippen molar-refractivity contribution in [2.24, 2.45) is 0 Å². The predicted molar refractivity (Wildman–Crippen MR) is 73.7 cm³/mol. The van der Waals surface area contributed by atoms with E-state index in [9.17, 15) is 4.79 Å². The fraction of sp³-hybridized carbons (Fsp3) is 0.533. The van der Waals surface area contributed by atoms with Gasteiger partial charge in [-0.15, -0.1) is 0 Å². The lowest BCUT2D eigenvalue weighted by molar-refractivity contribution is 0.229. The Bertz CT molecular complexity index is 419. The first-order valence-electron chi connectivity index (χ1n) is 6.59. The molecule has 2 N–H and O–H groups in total. The molecule has 1 aliphatic rings. The van der Waals surface area contributed by atoms with E-state index < -0.39 is 0 Å². The summed E-state index contributed by atoms with van der Waals surface area (Å²) in [6.45, 7) is 6.19. The molecule has 0 saturated heterocycles. The van der Waals surface area contributed by atoms with Gasteiger partial charge < -0.3 is 10.6 Å². The van der Waals surface area contributed by atoms with Gasteiger partial charge in [-0.1, -0.05) is 29.8 Å². The summed E-state index contributed by atoms with van der Waals surface area (Å²) in [6, 6.07) is 8.82. The van der Waals surface area contributed by atoms with Gasteiger partial charge in [0.15, 0.2) is 0 Å². The average Bonchev–Trinajstić information content (AvgIpc) is 3.04. The summed E-state index contributed by atoms with van der Waals surface area (Å²) in [6.07, 6.45) is 3.07. The molecular weight excluding hydrogens is 224 g/mol. The highest BCUT2D eigenvalue weighted by molar-refractivity contribution is 5.75. The SMILES string of the molecule is Cc1ccc(CC(C)(C)NC(=O)NC2CC2)cc1. The van der Waals surface area contributed by atoms with Crippen LogP contribution in [0.15, 0.2) is 24.3 Å². The second kappa shape index (κ2) is 5.01. The standard InChI is InChI=1S/C15H22N2O/c1-11-4-6-12(7-5-11)10-15(2,3)17-14(18)16-13-8-9-13/h4-7,13H,8-10H2,1-3H3,(H2,16,17,18). The van der Waals surface area contributed by atoms with E-state index in [1.807, 2.05) is 0 Å². The van der Waals surface area contributed by atoms with Crippen LogP contribution in [0.1, 0.15) is 37.8 Å². The van der Waals surface area contributed by atoms with Gasteiger partial charge in [0.2, 0.25) is 0 Å². The number of benzene rings is 1. The summed E-state index contributed by atoms with van der Waals surface area (Å²) in [5.74, 6) is 0. The third-order valence-electron chi connectivity index (χ3n) is 3.13. The summed E-state index contributed by atoms with van der Waals surface area (Å²) >= 11 is 0. The Morgan fingerprint density at radius 1 is 1.28 bits per heavy atom. The number of carbonyl (C=O) groups excluding carboxylic acids is 1. The first kappa shape index (κ1) is 12.9. The Morgan fingerprint density at radius 3 is 2.44 bits per heavy atom. The minimum Gasteiger partial charge on any atom is -0.335 e. The molecule has 2 amide bonds. The Labute approximate surface area is 109 Å². The first-order chi connectivity index (χ1) is 8.44. The zero-order valence-corrected chi connectivity index (χ0v) is 11.4. The summed E-state index contributed by atoms with van der Waals surface area (Å²) < 4.78 is 0. The van der Waals surface area contributed by atoms with Gasteiger partial charge in [-0.2, -0.15) is 0 Å². The molecule has 0 atom stereocenters. The number of nitrogens with one attached hydrogen (secondary N) is 2. The van der Waals surface area contributed by atoms with Gasteiger partial charge in [0.1, 0.15) is 0 Å². The molecule has 2 rings (SSSR count). The summed E-state index contributed by atoms with van der Waals surface area (Å²) in [4.78, 5) is 11.7. The topological polar surface area (TPSA) is 41.1 Å². The zero-order chi connectivity index (χ0) is 13.2. The maximum absolute atomic E-state index is 11.7. The van der Waals surface area contributed by atoms with Crippen LogP contribution in [0.25, 0.3) is 0 Å². The van der Waals surface area contributed by atoms with Crippen LogP contribution < -0.4 is 10.6 Å². The smallest absolute Gasteiger partial charge is 0.315 e. The number of amides is 2. The Balaban J connectivity index is 1.88. The molecule has 3 nitrogen and oxygen atoms in total. The van der Waals surface area contributed by atoms with Crippen molar-refractivity contribution < 1.29 is 4.79 Å². The van der Waals surface area contributed by atoms with Crippen LogP contribution in [0.3, 0.4) is 0 Å². The summed E-state index contributed by atoms with van der Waals surface area (Å²) in [5.41, 5.74) is 2.28. The third kappa shape index (κ3) is 4.06. The monoisotopic (exact) mass is 246 g/mol. The van der Waals surface area contributed by atoms with Crippen molar-refractivity contribution in [2.45, 2.75) is 51.6 Å². The van der Waals surface area contributed by atoms with Crippen LogP contribution in [0, 0.1) is 6.92 Å². The average molecular weight is 246 g/mol. The van der Waals surface area contributed by atoms with Crippen molar-refractivity contribution in [1.82, 2.24) is 10.6 Å².